The molecule has 0 aliphatic rings. The Hall–Kier alpha value is -2.16. The van der Waals surface area contributed by atoms with Gasteiger partial charge in [-0.3, -0.25) is 0 Å². The predicted molar refractivity (Wildman–Crippen MR) is 82.3 cm³/mol. The SMILES string of the molecule is CCc1cccc(OCCCOc2ccccc2N)c1. The van der Waals surface area contributed by atoms with Crippen LogP contribution >= 0.6 is 0 Å². The molecule has 0 saturated carbocycles. The molecular weight excluding hydrogens is 250 g/mol. The highest BCUT2D eigenvalue weighted by molar-refractivity contribution is 5.51. The van der Waals surface area contributed by atoms with Crippen molar-refractivity contribution in [3.63, 3.8) is 0 Å². The maximum atomic E-state index is 5.80. The van der Waals surface area contributed by atoms with Crippen molar-refractivity contribution < 1.29 is 9.47 Å². The summed E-state index contributed by atoms with van der Waals surface area (Å²) in [5, 5.41) is 0. The van der Waals surface area contributed by atoms with Crippen molar-refractivity contribution in [2.75, 3.05) is 18.9 Å². The van der Waals surface area contributed by atoms with E-state index in [4.69, 9.17) is 15.2 Å². The smallest absolute Gasteiger partial charge is 0.142 e. The minimum absolute atomic E-state index is 0.599. The lowest BCUT2D eigenvalue weighted by atomic mass is 10.2. The number of ether oxygens (including phenoxy) is 2. The topological polar surface area (TPSA) is 44.5 Å². The van der Waals surface area contributed by atoms with Crippen molar-refractivity contribution in [2.24, 2.45) is 0 Å². The van der Waals surface area contributed by atoms with Gasteiger partial charge in [-0.1, -0.05) is 31.2 Å². The molecule has 0 spiro atoms. The first-order chi connectivity index (χ1) is 9.79. The van der Waals surface area contributed by atoms with Gasteiger partial charge in [0.25, 0.3) is 0 Å². The molecule has 0 unspecified atom stereocenters. The fourth-order valence-corrected chi connectivity index (χ4v) is 1.90. The van der Waals surface area contributed by atoms with Gasteiger partial charge in [-0.2, -0.15) is 0 Å². The number of hydrogen-bond acceptors (Lipinski definition) is 3. The minimum Gasteiger partial charge on any atom is -0.493 e. The number of nitrogens with two attached hydrogens (primary N) is 1. The molecule has 2 aromatic carbocycles. The van der Waals surface area contributed by atoms with Crippen LogP contribution in [0.2, 0.25) is 0 Å². The van der Waals surface area contributed by atoms with Crippen LogP contribution < -0.4 is 15.2 Å². The zero-order valence-electron chi connectivity index (χ0n) is 11.8. The first-order valence-electron chi connectivity index (χ1n) is 6.98. The molecule has 0 amide bonds. The molecule has 106 valence electrons. The number of nitrogen functional groups attached to an aromatic ring is 1. The van der Waals surface area contributed by atoms with Gasteiger partial charge < -0.3 is 15.2 Å². The summed E-state index contributed by atoms with van der Waals surface area (Å²) in [4.78, 5) is 0. The van der Waals surface area contributed by atoms with Crippen molar-refractivity contribution in [3.05, 3.63) is 54.1 Å². The number of aryl methyl sites for hydroxylation is 1. The van der Waals surface area contributed by atoms with E-state index in [1.165, 1.54) is 5.56 Å². The average Bonchev–Trinajstić information content (AvgIpc) is 2.49. The molecule has 20 heavy (non-hydrogen) atoms. The van der Waals surface area contributed by atoms with Gasteiger partial charge in [-0.05, 0) is 36.2 Å². The van der Waals surface area contributed by atoms with Crippen LogP contribution in [0.5, 0.6) is 11.5 Å². The third-order valence-corrected chi connectivity index (χ3v) is 3.04. The van der Waals surface area contributed by atoms with Crippen molar-refractivity contribution in [3.8, 4) is 11.5 Å². The average molecular weight is 271 g/mol. The molecule has 0 heterocycles. The first kappa shape index (κ1) is 14.3. The Balaban J connectivity index is 1.70. The second-order valence-corrected chi connectivity index (χ2v) is 4.59. The molecule has 0 radical (unpaired) electrons. The maximum Gasteiger partial charge on any atom is 0.142 e. The number of benzene rings is 2. The third-order valence-electron chi connectivity index (χ3n) is 3.04. The Morgan fingerprint density at radius 1 is 0.950 bits per heavy atom. The highest BCUT2D eigenvalue weighted by Gasteiger charge is 1.99. The Bertz CT molecular complexity index is 540. The fraction of sp³-hybridized carbons (Fsp3) is 0.294. The van der Waals surface area contributed by atoms with Crippen LogP contribution in [0.15, 0.2) is 48.5 Å². The van der Waals surface area contributed by atoms with Gasteiger partial charge in [-0.15, -0.1) is 0 Å². The van der Waals surface area contributed by atoms with Crippen molar-refractivity contribution in [2.45, 2.75) is 19.8 Å². The van der Waals surface area contributed by atoms with Gasteiger partial charge in [0.2, 0.25) is 0 Å². The van der Waals surface area contributed by atoms with E-state index in [1.807, 2.05) is 36.4 Å². The lowest BCUT2D eigenvalue weighted by molar-refractivity contribution is 0.248. The van der Waals surface area contributed by atoms with E-state index in [-0.39, 0.29) is 0 Å². The molecule has 0 fully saturated rings. The Kier molecular flexibility index (Phi) is 5.30. The van der Waals surface area contributed by atoms with Gasteiger partial charge in [-0.25, -0.2) is 0 Å². The quantitative estimate of drug-likeness (QED) is 0.617. The first-order valence-corrected chi connectivity index (χ1v) is 6.98. The van der Waals surface area contributed by atoms with Crippen LogP contribution in [-0.4, -0.2) is 13.2 Å². The van der Waals surface area contributed by atoms with Gasteiger partial charge >= 0.3 is 0 Å². The highest BCUT2D eigenvalue weighted by Crippen LogP contribution is 2.19. The van der Waals surface area contributed by atoms with Gasteiger partial charge in [0, 0.05) is 6.42 Å². The monoisotopic (exact) mass is 271 g/mol. The van der Waals surface area contributed by atoms with E-state index >= 15 is 0 Å². The van der Waals surface area contributed by atoms with E-state index in [0.717, 1.165) is 24.3 Å². The Morgan fingerprint density at radius 2 is 1.75 bits per heavy atom. The van der Waals surface area contributed by atoms with Gasteiger partial charge in [0.1, 0.15) is 11.5 Å². The lowest BCUT2D eigenvalue weighted by Crippen LogP contribution is -2.06. The van der Waals surface area contributed by atoms with Crippen molar-refractivity contribution >= 4 is 5.69 Å². The summed E-state index contributed by atoms with van der Waals surface area (Å²) in [5.41, 5.74) is 7.76. The van der Waals surface area contributed by atoms with Crippen LogP contribution in [0.25, 0.3) is 0 Å². The predicted octanol–water partition coefficient (Wildman–Crippen LogP) is 3.68. The molecule has 0 bridgehead atoms. The molecule has 0 saturated heterocycles. The zero-order chi connectivity index (χ0) is 14.2. The molecule has 0 aliphatic carbocycles. The van der Waals surface area contributed by atoms with Crippen LogP contribution in [0.4, 0.5) is 5.69 Å². The molecule has 2 N–H and O–H groups in total. The Labute approximate surface area is 120 Å². The fourth-order valence-electron chi connectivity index (χ4n) is 1.90. The van der Waals surface area contributed by atoms with Crippen molar-refractivity contribution in [1.29, 1.82) is 0 Å². The Morgan fingerprint density at radius 3 is 2.55 bits per heavy atom. The van der Waals surface area contributed by atoms with Gasteiger partial charge in [0.05, 0.1) is 18.9 Å². The molecular formula is C17H21NO2. The lowest BCUT2D eigenvalue weighted by Gasteiger charge is -2.10. The minimum atomic E-state index is 0.599. The molecule has 3 heteroatoms. The number of hydrogen-bond donors (Lipinski definition) is 1. The normalized spacial score (nSPS) is 10.2. The molecule has 0 aliphatic heterocycles. The number of anilines is 1. The van der Waals surface area contributed by atoms with E-state index in [0.29, 0.717) is 18.9 Å². The molecule has 0 atom stereocenters. The van der Waals surface area contributed by atoms with Crippen LogP contribution in [0.3, 0.4) is 0 Å². The second-order valence-electron chi connectivity index (χ2n) is 4.59. The number of rotatable bonds is 7. The summed E-state index contributed by atoms with van der Waals surface area (Å²) in [6.07, 6.45) is 1.85. The van der Waals surface area contributed by atoms with E-state index in [9.17, 15) is 0 Å². The van der Waals surface area contributed by atoms with Crippen LogP contribution in [-0.2, 0) is 6.42 Å². The summed E-state index contributed by atoms with van der Waals surface area (Å²) in [6.45, 7) is 3.37. The number of para-hydroxylation sites is 2. The van der Waals surface area contributed by atoms with E-state index in [2.05, 4.69) is 19.1 Å². The van der Waals surface area contributed by atoms with Gasteiger partial charge in [0.15, 0.2) is 0 Å². The second kappa shape index (κ2) is 7.43. The summed E-state index contributed by atoms with van der Waals surface area (Å²) in [5.74, 6) is 1.66. The largest absolute Gasteiger partial charge is 0.493 e. The summed E-state index contributed by atoms with van der Waals surface area (Å²) in [7, 11) is 0. The molecule has 3 nitrogen and oxygen atoms in total. The summed E-state index contributed by atoms with van der Waals surface area (Å²) < 4.78 is 11.3. The van der Waals surface area contributed by atoms with E-state index < -0.39 is 0 Å². The van der Waals surface area contributed by atoms with E-state index in [1.54, 1.807) is 0 Å². The highest BCUT2D eigenvalue weighted by atomic mass is 16.5. The summed E-state index contributed by atoms with van der Waals surface area (Å²) in [6, 6.07) is 15.7. The standard InChI is InChI=1S/C17H21NO2/c1-2-14-7-5-8-15(13-14)19-11-6-12-20-17-10-4-3-9-16(17)18/h3-5,7-10,13H,2,6,11-12,18H2,1H3. The summed E-state index contributed by atoms with van der Waals surface area (Å²) >= 11 is 0. The van der Waals surface area contributed by atoms with Crippen LogP contribution in [0, 0.1) is 0 Å². The zero-order valence-corrected chi connectivity index (χ0v) is 11.8. The maximum absolute atomic E-state index is 5.80. The van der Waals surface area contributed by atoms with Crippen LogP contribution in [0.1, 0.15) is 18.9 Å². The molecule has 2 aromatic rings. The third kappa shape index (κ3) is 4.19. The molecule has 2 rings (SSSR count). The molecule has 0 aromatic heterocycles. The van der Waals surface area contributed by atoms with Crippen molar-refractivity contribution in [1.82, 2.24) is 0 Å².